The lowest BCUT2D eigenvalue weighted by atomic mass is 10.1. The van der Waals surface area contributed by atoms with Gasteiger partial charge in [0.15, 0.2) is 6.29 Å². The molecule has 0 spiro atoms. The highest BCUT2D eigenvalue weighted by atomic mass is 16.7. The van der Waals surface area contributed by atoms with Crippen molar-refractivity contribution < 1.29 is 9.47 Å². The Morgan fingerprint density at radius 3 is 2.26 bits per heavy atom. The lowest BCUT2D eigenvalue weighted by Crippen LogP contribution is -2.21. The van der Waals surface area contributed by atoms with Gasteiger partial charge in [0.05, 0.1) is 6.61 Å². The van der Waals surface area contributed by atoms with Gasteiger partial charge in [-0.3, -0.25) is 0 Å². The molecule has 0 bridgehead atoms. The maximum absolute atomic E-state index is 6.09. The molecular weight excluding hydrogens is 284 g/mol. The van der Waals surface area contributed by atoms with E-state index in [2.05, 4.69) is 6.58 Å². The topological polar surface area (TPSA) is 18.5 Å². The first-order valence-electron chi connectivity index (χ1n) is 9.39. The van der Waals surface area contributed by atoms with E-state index < -0.39 is 0 Å². The molecule has 1 unspecified atom stereocenters. The smallest absolute Gasteiger partial charge is 0.199 e. The minimum absolute atomic E-state index is 0.113. The van der Waals surface area contributed by atoms with Crippen LogP contribution in [-0.2, 0) is 4.74 Å². The van der Waals surface area contributed by atoms with Crippen LogP contribution in [0, 0.1) is 0 Å². The molecule has 1 aromatic carbocycles. The Morgan fingerprint density at radius 1 is 0.913 bits per heavy atom. The molecule has 0 radical (unpaired) electrons. The Balaban J connectivity index is 1.85. The summed E-state index contributed by atoms with van der Waals surface area (Å²) >= 11 is 0. The summed E-state index contributed by atoms with van der Waals surface area (Å²) in [6.45, 7) is 4.63. The average Bonchev–Trinajstić information content (AvgIpc) is 2.58. The Kier molecular flexibility index (Phi) is 8.86. The summed E-state index contributed by atoms with van der Waals surface area (Å²) in [6.07, 6.45) is 15.9. The van der Waals surface area contributed by atoms with E-state index in [0.29, 0.717) is 0 Å². The van der Waals surface area contributed by atoms with E-state index in [9.17, 15) is 0 Å². The molecule has 1 fully saturated rings. The molecule has 1 aliphatic rings. The van der Waals surface area contributed by atoms with Crippen molar-refractivity contribution in [3.63, 3.8) is 0 Å². The number of hydrogen-bond acceptors (Lipinski definition) is 2. The number of ether oxygens (including phenoxy) is 2. The molecule has 0 aliphatic carbocycles. The third-order valence-electron chi connectivity index (χ3n) is 4.50. The van der Waals surface area contributed by atoms with Crippen LogP contribution in [0.5, 0.6) is 5.75 Å². The van der Waals surface area contributed by atoms with E-state index in [1.807, 2.05) is 30.3 Å². The summed E-state index contributed by atoms with van der Waals surface area (Å²) in [5, 5.41) is 0. The zero-order valence-electron chi connectivity index (χ0n) is 14.5. The Hall–Kier alpha value is -1.28. The lowest BCUT2D eigenvalue weighted by molar-refractivity contribution is -0.0866. The molecule has 0 amide bonds. The fraction of sp³-hybridized carbons (Fsp3) is 0.619. The molecule has 1 saturated heterocycles. The van der Waals surface area contributed by atoms with Crippen LogP contribution in [0.1, 0.15) is 76.2 Å². The minimum atomic E-state index is -0.113. The van der Waals surface area contributed by atoms with Crippen LogP contribution in [0.3, 0.4) is 0 Å². The first-order chi connectivity index (χ1) is 11.4. The van der Waals surface area contributed by atoms with Crippen molar-refractivity contribution >= 4 is 6.08 Å². The highest BCUT2D eigenvalue weighted by Crippen LogP contribution is 2.20. The summed E-state index contributed by atoms with van der Waals surface area (Å²) in [7, 11) is 0. The van der Waals surface area contributed by atoms with Crippen LogP contribution in [0.2, 0.25) is 0 Å². The third-order valence-corrected chi connectivity index (χ3v) is 4.50. The molecule has 23 heavy (non-hydrogen) atoms. The van der Waals surface area contributed by atoms with E-state index in [-0.39, 0.29) is 6.29 Å². The first kappa shape index (κ1) is 18.1. The van der Waals surface area contributed by atoms with Crippen molar-refractivity contribution in [1.82, 2.24) is 0 Å². The van der Waals surface area contributed by atoms with Gasteiger partial charge in [0, 0.05) is 6.42 Å². The number of hydrogen-bond donors (Lipinski definition) is 0. The van der Waals surface area contributed by atoms with Crippen molar-refractivity contribution in [3.8, 4) is 5.75 Å². The Labute approximate surface area is 141 Å². The Morgan fingerprint density at radius 2 is 1.57 bits per heavy atom. The number of rotatable bonds is 3. The van der Waals surface area contributed by atoms with E-state index in [4.69, 9.17) is 9.47 Å². The zero-order valence-corrected chi connectivity index (χ0v) is 14.5. The van der Waals surface area contributed by atoms with Gasteiger partial charge >= 0.3 is 0 Å². The van der Waals surface area contributed by atoms with Gasteiger partial charge in [-0.1, -0.05) is 76.2 Å². The minimum Gasteiger partial charge on any atom is -0.465 e. The van der Waals surface area contributed by atoms with Gasteiger partial charge in [0.1, 0.15) is 5.75 Å². The normalized spacial score (nSPS) is 22.0. The molecule has 0 aromatic heterocycles. The van der Waals surface area contributed by atoms with Crippen LogP contribution < -0.4 is 4.74 Å². The molecule has 2 heteroatoms. The highest BCUT2D eigenvalue weighted by molar-refractivity contribution is 5.49. The largest absolute Gasteiger partial charge is 0.465 e. The first-order valence-corrected chi connectivity index (χ1v) is 9.39. The van der Waals surface area contributed by atoms with Gasteiger partial charge in [0.25, 0.3) is 0 Å². The van der Waals surface area contributed by atoms with Crippen LogP contribution >= 0.6 is 0 Å². The number of benzene rings is 1. The quantitative estimate of drug-likeness (QED) is 0.646. The maximum atomic E-state index is 6.09. The molecule has 1 atom stereocenters. The van der Waals surface area contributed by atoms with Gasteiger partial charge < -0.3 is 9.47 Å². The maximum Gasteiger partial charge on any atom is 0.199 e. The molecule has 0 N–H and O–H groups in total. The van der Waals surface area contributed by atoms with Crippen molar-refractivity contribution in [2.45, 2.75) is 76.9 Å². The van der Waals surface area contributed by atoms with Gasteiger partial charge in [0.2, 0.25) is 0 Å². The predicted octanol–water partition coefficient (Wildman–Crippen LogP) is 6.36. The van der Waals surface area contributed by atoms with Crippen molar-refractivity contribution in [2.75, 3.05) is 6.61 Å². The van der Waals surface area contributed by atoms with E-state index in [1.54, 1.807) is 0 Å². The van der Waals surface area contributed by atoms with Crippen LogP contribution in [-0.4, -0.2) is 12.9 Å². The zero-order chi connectivity index (χ0) is 16.2. The predicted molar refractivity (Wildman–Crippen MR) is 97.7 cm³/mol. The van der Waals surface area contributed by atoms with Crippen molar-refractivity contribution in [3.05, 3.63) is 36.4 Å². The second-order valence-electron chi connectivity index (χ2n) is 6.52. The van der Waals surface area contributed by atoms with Gasteiger partial charge in [-0.05, 0) is 30.5 Å². The fourth-order valence-electron chi connectivity index (χ4n) is 3.08. The average molecular weight is 316 g/mol. The molecular formula is C21H32O2. The molecule has 128 valence electrons. The van der Waals surface area contributed by atoms with E-state index in [0.717, 1.165) is 30.8 Å². The lowest BCUT2D eigenvalue weighted by Gasteiger charge is -2.20. The van der Waals surface area contributed by atoms with Crippen LogP contribution in [0.25, 0.3) is 6.08 Å². The second-order valence-corrected chi connectivity index (χ2v) is 6.52. The molecule has 2 rings (SSSR count). The summed E-state index contributed by atoms with van der Waals surface area (Å²) in [6, 6.07) is 8.08. The molecule has 1 aromatic rings. The molecule has 2 nitrogen and oxygen atoms in total. The summed E-state index contributed by atoms with van der Waals surface area (Å²) < 4.78 is 12.1. The standard InChI is InChI=1S/C21H32O2/c1-2-19-14-13-15-20(18-19)23-21-16-11-9-7-5-3-4-6-8-10-12-17-22-21/h2,13-15,18,21H,1,3-12,16-17H2. The molecule has 0 saturated carbocycles. The van der Waals surface area contributed by atoms with Gasteiger partial charge in [-0.2, -0.15) is 0 Å². The van der Waals surface area contributed by atoms with Crippen LogP contribution in [0.15, 0.2) is 30.8 Å². The summed E-state index contributed by atoms with van der Waals surface area (Å²) in [5.74, 6) is 0.883. The van der Waals surface area contributed by atoms with Gasteiger partial charge in [-0.25, -0.2) is 0 Å². The second kappa shape index (κ2) is 11.3. The van der Waals surface area contributed by atoms with Crippen LogP contribution in [0.4, 0.5) is 0 Å². The van der Waals surface area contributed by atoms with Crippen molar-refractivity contribution in [1.29, 1.82) is 0 Å². The Bertz CT molecular complexity index is 427. The van der Waals surface area contributed by atoms with E-state index >= 15 is 0 Å². The third kappa shape index (κ3) is 7.69. The fourth-order valence-corrected chi connectivity index (χ4v) is 3.08. The monoisotopic (exact) mass is 316 g/mol. The van der Waals surface area contributed by atoms with E-state index in [1.165, 1.54) is 57.8 Å². The highest BCUT2D eigenvalue weighted by Gasteiger charge is 2.11. The SMILES string of the molecule is C=Cc1cccc(OC2CCCCCCCCCCCCO2)c1. The summed E-state index contributed by atoms with van der Waals surface area (Å²) in [5.41, 5.74) is 1.09. The summed E-state index contributed by atoms with van der Waals surface area (Å²) in [4.78, 5) is 0. The molecule has 1 aliphatic heterocycles. The van der Waals surface area contributed by atoms with Crippen molar-refractivity contribution in [2.24, 2.45) is 0 Å². The van der Waals surface area contributed by atoms with Gasteiger partial charge in [-0.15, -0.1) is 0 Å². The molecule has 1 heterocycles.